The molecule has 3 heterocycles. The second-order valence-electron chi connectivity index (χ2n) is 6.53. The molecule has 1 aromatic carbocycles. The molecule has 3 aliphatic rings. The Bertz CT molecular complexity index is 947. The minimum absolute atomic E-state index is 0.0275. The number of esters is 2. The molecule has 0 aromatic heterocycles. The summed E-state index contributed by atoms with van der Waals surface area (Å²) in [7, 11) is 0. The lowest BCUT2D eigenvalue weighted by Crippen LogP contribution is -2.50. The first-order valence-electron chi connectivity index (χ1n) is 8.62. The average Bonchev–Trinajstić information content (AvgIpc) is 2.87. The van der Waals surface area contributed by atoms with Gasteiger partial charge in [0.05, 0.1) is 6.61 Å². The lowest BCUT2D eigenvalue weighted by atomic mass is 9.67. The Morgan fingerprint density at radius 3 is 2.85 bits per heavy atom. The van der Waals surface area contributed by atoms with Crippen molar-refractivity contribution in [2.45, 2.75) is 31.8 Å². The van der Waals surface area contributed by atoms with Crippen molar-refractivity contribution in [2.75, 3.05) is 11.9 Å². The highest BCUT2D eigenvalue weighted by molar-refractivity contribution is 6.21. The van der Waals surface area contributed by atoms with Gasteiger partial charge in [-0.15, -0.1) is 0 Å². The van der Waals surface area contributed by atoms with Gasteiger partial charge < -0.3 is 25.3 Å². The second-order valence-corrected chi connectivity index (χ2v) is 6.53. The SMILES string of the molecule is CCOC(=O)C1=C(N)OC2=C(C(=O)OC(C)C2)[C@]12C(=O)Nc1ccccc12. The number of carbonyl (C=O) groups excluding carboxylic acids is 3. The second kappa shape index (κ2) is 5.87. The van der Waals surface area contributed by atoms with Crippen molar-refractivity contribution in [1.82, 2.24) is 0 Å². The highest BCUT2D eigenvalue weighted by Crippen LogP contribution is 2.53. The summed E-state index contributed by atoms with van der Waals surface area (Å²) in [6, 6.07) is 6.81. The smallest absolute Gasteiger partial charge is 0.341 e. The Hall–Kier alpha value is -3.29. The van der Waals surface area contributed by atoms with E-state index in [1.165, 1.54) is 0 Å². The molecule has 8 nitrogen and oxygen atoms in total. The van der Waals surface area contributed by atoms with Gasteiger partial charge in [0.25, 0.3) is 0 Å². The first-order chi connectivity index (χ1) is 12.9. The van der Waals surface area contributed by atoms with Crippen LogP contribution in [0.4, 0.5) is 5.69 Å². The molecule has 3 aliphatic heterocycles. The van der Waals surface area contributed by atoms with E-state index in [1.54, 1.807) is 38.1 Å². The van der Waals surface area contributed by atoms with Gasteiger partial charge in [-0.3, -0.25) is 4.79 Å². The van der Waals surface area contributed by atoms with Crippen molar-refractivity contribution in [3.63, 3.8) is 0 Å². The molecule has 3 N–H and O–H groups in total. The minimum Gasteiger partial charge on any atom is -0.462 e. The van der Waals surface area contributed by atoms with Crippen LogP contribution >= 0.6 is 0 Å². The third-order valence-corrected chi connectivity index (χ3v) is 4.89. The fraction of sp³-hybridized carbons (Fsp3) is 0.316. The van der Waals surface area contributed by atoms with E-state index in [4.69, 9.17) is 19.9 Å². The Balaban J connectivity index is 2.06. The first kappa shape index (κ1) is 17.1. The van der Waals surface area contributed by atoms with Crippen molar-refractivity contribution in [1.29, 1.82) is 0 Å². The number of anilines is 1. The molecule has 27 heavy (non-hydrogen) atoms. The number of hydrogen-bond acceptors (Lipinski definition) is 7. The topological polar surface area (TPSA) is 117 Å². The molecule has 0 saturated heterocycles. The number of para-hydroxylation sites is 1. The summed E-state index contributed by atoms with van der Waals surface area (Å²) in [6.45, 7) is 3.42. The van der Waals surface area contributed by atoms with Crippen molar-refractivity contribution in [2.24, 2.45) is 5.73 Å². The van der Waals surface area contributed by atoms with Crippen LogP contribution in [0, 0.1) is 0 Å². The van der Waals surface area contributed by atoms with Crippen LogP contribution in [0.5, 0.6) is 0 Å². The molecular weight excluding hydrogens is 352 g/mol. The van der Waals surface area contributed by atoms with Crippen LogP contribution < -0.4 is 11.1 Å². The van der Waals surface area contributed by atoms with E-state index in [2.05, 4.69) is 5.32 Å². The van der Waals surface area contributed by atoms with Crippen molar-refractivity contribution in [3.05, 3.63) is 52.6 Å². The number of hydrogen-bond donors (Lipinski definition) is 2. The molecule has 8 heteroatoms. The summed E-state index contributed by atoms with van der Waals surface area (Å²) in [4.78, 5) is 38.9. The number of benzene rings is 1. The first-order valence-corrected chi connectivity index (χ1v) is 8.62. The van der Waals surface area contributed by atoms with Gasteiger partial charge in [-0.2, -0.15) is 0 Å². The third kappa shape index (κ3) is 2.19. The number of amides is 1. The van der Waals surface area contributed by atoms with E-state index in [1.807, 2.05) is 0 Å². The molecule has 4 rings (SSSR count). The van der Waals surface area contributed by atoms with Crippen LogP contribution in [0.2, 0.25) is 0 Å². The lowest BCUT2D eigenvalue weighted by Gasteiger charge is -2.39. The molecule has 1 amide bonds. The Labute approximate surface area is 154 Å². The zero-order valence-electron chi connectivity index (χ0n) is 14.8. The van der Waals surface area contributed by atoms with E-state index < -0.39 is 29.4 Å². The number of nitrogens with two attached hydrogens (primary N) is 1. The van der Waals surface area contributed by atoms with E-state index in [0.29, 0.717) is 11.3 Å². The van der Waals surface area contributed by atoms with E-state index in [9.17, 15) is 14.4 Å². The van der Waals surface area contributed by atoms with Gasteiger partial charge >= 0.3 is 11.9 Å². The minimum atomic E-state index is -1.77. The van der Waals surface area contributed by atoms with E-state index in [-0.39, 0.29) is 35.8 Å². The number of fused-ring (bicyclic) bond motifs is 3. The third-order valence-electron chi connectivity index (χ3n) is 4.89. The van der Waals surface area contributed by atoms with Crippen molar-refractivity contribution < 1.29 is 28.6 Å². The molecule has 1 unspecified atom stereocenters. The molecule has 0 radical (unpaired) electrons. The van der Waals surface area contributed by atoms with Gasteiger partial charge in [0.2, 0.25) is 11.8 Å². The maximum atomic E-state index is 13.2. The number of carbonyl (C=O) groups is 3. The van der Waals surface area contributed by atoms with Crippen LogP contribution in [0.25, 0.3) is 0 Å². The molecule has 2 atom stereocenters. The molecule has 0 aliphatic carbocycles. The summed E-state index contributed by atoms with van der Waals surface area (Å²) in [5.74, 6) is -2.13. The zero-order chi connectivity index (χ0) is 19.3. The Kier molecular flexibility index (Phi) is 3.73. The number of nitrogens with one attached hydrogen (secondary N) is 1. The number of ether oxygens (including phenoxy) is 3. The molecule has 140 valence electrons. The van der Waals surface area contributed by atoms with Gasteiger partial charge in [-0.05, 0) is 19.9 Å². The highest BCUT2D eigenvalue weighted by Gasteiger charge is 2.63. The van der Waals surface area contributed by atoms with Crippen molar-refractivity contribution in [3.8, 4) is 0 Å². The van der Waals surface area contributed by atoms with Crippen LogP contribution in [0.3, 0.4) is 0 Å². The fourth-order valence-corrected chi connectivity index (χ4v) is 3.92. The van der Waals surface area contributed by atoms with Crippen LogP contribution in [-0.2, 0) is 34.0 Å². The van der Waals surface area contributed by atoms with Gasteiger partial charge in [-0.25, -0.2) is 9.59 Å². The van der Waals surface area contributed by atoms with Crippen LogP contribution in [-0.4, -0.2) is 30.6 Å². The molecule has 0 saturated carbocycles. The van der Waals surface area contributed by atoms with Gasteiger partial charge in [0, 0.05) is 17.7 Å². The summed E-state index contributed by atoms with van der Waals surface area (Å²) in [6.07, 6.45) is -0.195. The van der Waals surface area contributed by atoms with Gasteiger partial charge in [-0.1, -0.05) is 18.2 Å². The monoisotopic (exact) mass is 370 g/mol. The Morgan fingerprint density at radius 2 is 2.11 bits per heavy atom. The van der Waals surface area contributed by atoms with E-state index >= 15 is 0 Å². The highest BCUT2D eigenvalue weighted by atomic mass is 16.6. The quantitative estimate of drug-likeness (QED) is 0.752. The number of rotatable bonds is 2. The number of cyclic esters (lactones) is 1. The fourth-order valence-electron chi connectivity index (χ4n) is 3.92. The van der Waals surface area contributed by atoms with E-state index in [0.717, 1.165) is 0 Å². The predicted molar refractivity (Wildman–Crippen MR) is 92.9 cm³/mol. The predicted octanol–water partition coefficient (Wildman–Crippen LogP) is 1.23. The molecule has 1 spiro atoms. The van der Waals surface area contributed by atoms with Crippen molar-refractivity contribution >= 4 is 23.5 Å². The maximum Gasteiger partial charge on any atom is 0.341 e. The summed E-state index contributed by atoms with van der Waals surface area (Å²) < 4.78 is 16.1. The lowest BCUT2D eigenvalue weighted by molar-refractivity contribution is -0.149. The summed E-state index contributed by atoms with van der Waals surface area (Å²) >= 11 is 0. The van der Waals surface area contributed by atoms with Crippen LogP contribution in [0.1, 0.15) is 25.8 Å². The van der Waals surface area contributed by atoms with Gasteiger partial charge in [0.1, 0.15) is 28.4 Å². The molecule has 1 aromatic rings. The average molecular weight is 370 g/mol. The zero-order valence-corrected chi connectivity index (χ0v) is 14.8. The van der Waals surface area contributed by atoms with Crippen LogP contribution in [0.15, 0.2) is 47.1 Å². The normalized spacial score (nSPS) is 26.2. The maximum absolute atomic E-state index is 13.2. The Morgan fingerprint density at radius 1 is 1.37 bits per heavy atom. The largest absolute Gasteiger partial charge is 0.462 e. The van der Waals surface area contributed by atoms with Gasteiger partial charge in [0.15, 0.2) is 0 Å². The summed E-state index contributed by atoms with van der Waals surface area (Å²) in [5.41, 5.74) is 4.98. The summed E-state index contributed by atoms with van der Waals surface area (Å²) in [5, 5.41) is 2.74. The molecule has 0 fully saturated rings. The standard InChI is InChI=1S/C19H18N2O6/c1-3-25-16(22)14-15(20)27-12-8-9(2)26-17(23)13(12)19(14)10-6-4-5-7-11(10)21-18(19)24/h4-7,9H,3,8,20H2,1-2H3,(H,21,24)/t9?,19-/m0/s1. The molecule has 0 bridgehead atoms. The molecular formula is C19H18N2O6.